The van der Waals surface area contributed by atoms with E-state index in [0.717, 1.165) is 0 Å². The fourth-order valence-corrected chi connectivity index (χ4v) is 0. The standard InChI is InChI=1S/C2H3IO2.CH2O3/c3-1-2(4)5;2-1(3)4/h1H2,(H,4,5);(H2,2,3,4). The molecule has 0 spiro atoms. The molecule has 0 fully saturated rings. The Morgan fingerprint density at radius 2 is 1.33 bits per heavy atom. The summed E-state index contributed by atoms with van der Waals surface area (Å²) < 4.78 is 0.192. The van der Waals surface area contributed by atoms with Gasteiger partial charge in [0.05, 0.1) is 4.43 Å². The maximum Gasteiger partial charge on any atom is 0.503 e. The highest BCUT2D eigenvalue weighted by atomic mass is 127. The van der Waals surface area contributed by atoms with Crippen LogP contribution in [0.15, 0.2) is 0 Å². The van der Waals surface area contributed by atoms with Crippen molar-refractivity contribution < 1.29 is 24.9 Å². The van der Waals surface area contributed by atoms with Crippen LogP contribution in [0.5, 0.6) is 0 Å². The molecule has 0 rings (SSSR count). The van der Waals surface area contributed by atoms with E-state index in [1.807, 2.05) is 0 Å². The molecule has 0 aliphatic carbocycles. The number of aliphatic carboxylic acids is 1. The first-order valence-corrected chi connectivity index (χ1v) is 3.23. The second-order valence-corrected chi connectivity index (χ2v) is 1.57. The van der Waals surface area contributed by atoms with Crippen molar-refractivity contribution in [2.24, 2.45) is 0 Å². The Morgan fingerprint density at radius 1 is 1.22 bits per heavy atom. The van der Waals surface area contributed by atoms with Crippen LogP contribution in [-0.4, -0.2) is 31.9 Å². The smallest absolute Gasteiger partial charge is 0.481 e. The molecule has 3 N–H and O–H groups in total. The Hall–Kier alpha value is -0.530. The number of hydrogen-bond acceptors (Lipinski definition) is 2. The third kappa shape index (κ3) is 103. The molecule has 0 aromatic carbocycles. The molecular weight excluding hydrogens is 243 g/mol. The average Bonchev–Trinajstić information content (AvgIpc) is 1.65. The van der Waals surface area contributed by atoms with Crippen LogP contribution < -0.4 is 0 Å². The average molecular weight is 248 g/mol. The van der Waals surface area contributed by atoms with Gasteiger partial charge in [-0.25, -0.2) is 4.79 Å². The molecule has 0 amide bonds. The van der Waals surface area contributed by atoms with Crippen molar-refractivity contribution in [1.29, 1.82) is 0 Å². The Labute approximate surface area is 64.4 Å². The van der Waals surface area contributed by atoms with E-state index >= 15 is 0 Å². The summed E-state index contributed by atoms with van der Waals surface area (Å²) in [5.74, 6) is -0.759. The van der Waals surface area contributed by atoms with Crippen molar-refractivity contribution in [3.05, 3.63) is 0 Å². The first-order valence-electron chi connectivity index (χ1n) is 1.70. The van der Waals surface area contributed by atoms with Crippen LogP contribution in [0.3, 0.4) is 0 Å². The van der Waals surface area contributed by atoms with Gasteiger partial charge in [-0.2, -0.15) is 0 Å². The van der Waals surface area contributed by atoms with Crippen molar-refractivity contribution in [2.75, 3.05) is 4.43 Å². The summed E-state index contributed by atoms with van der Waals surface area (Å²) in [5.41, 5.74) is 0. The number of carboxylic acids is 1. The third-order valence-corrected chi connectivity index (χ3v) is 0.767. The molecule has 5 nitrogen and oxygen atoms in total. The highest BCUT2D eigenvalue weighted by Gasteiger charge is 1.82. The second-order valence-electron chi connectivity index (χ2n) is 0.810. The molecule has 0 heterocycles. The Bertz CT molecular complexity index is 96.4. The van der Waals surface area contributed by atoms with Crippen LogP contribution in [-0.2, 0) is 4.79 Å². The molecule has 0 radical (unpaired) electrons. The van der Waals surface area contributed by atoms with Gasteiger partial charge < -0.3 is 15.3 Å². The number of alkyl halides is 1. The van der Waals surface area contributed by atoms with E-state index in [-0.39, 0.29) is 4.43 Å². The molecule has 0 atom stereocenters. The van der Waals surface area contributed by atoms with Crippen molar-refractivity contribution in [1.82, 2.24) is 0 Å². The quantitative estimate of drug-likeness (QED) is 0.469. The van der Waals surface area contributed by atoms with Crippen LogP contribution in [0.2, 0.25) is 0 Å². The van der Waals surface area contributed by atoms with E-state index in [1.54, 1.807) is 22.6 Å². The summed E-state index contributed by atoms with van der Waals surface area (Å²) >= 11 is 1.78. The zero-order valence-electron chi connectivity index (χ0n) is 4.24. The van der Waals surface area contributed by atoms with Crippen LogP contribution in [0.25, 0.3) is 0 Å². The van der Waals surface area contributed by atoms with Crippen molar-refractivity contribution in [3.8, 4) is 0 Å². The van der Waals surface area contributed by atoms with E-state index in [2.05, 4.69) is 0 Å². The lowest BCUT2D eigenvalue weighted by molar-refractivity contribution is -0.133. The van der Waals surface area contributed by atoms with E-state index < -0.39 is 12.1 Å². The lowest BCUT2D eigenvalue weighted by Crippen LogP contribution is -1.91. The SMILES string of the molecule is O=C(O)CI.O=C(O)O. The van der Waals surface area contributed by atoms with Crippen LogP contribution in [0.4, 0.5) is 4.79 Å². The fraction of sp³-hybridized carbons (Fsp3) is 0.333. The molecule has 0 bridgehead atoms. The van der Waals surface area contributed by atoms with Crippen molar-refractivity contribution in [2.45, 2.75) is 0 Å². The summed E-state index contributed by atoms with van der Waals surface area (Å²) in [7, 11) is 0. The van der Waals surface area contributed by atoms with Crippen LogP contribution in [0.1, 0.15) is 0 Å². The molecule has 0 unspecified atom stereocenters. The van der Waals surface area contributed by atoms with E-state index in [1.165, 1.54) is 0 Å². The number of carbonyl (C=O) groups is 2. The first-order chi connectivity index (χ1) is 4.00. The molecule has 0 saturated carbocycles. The molecule has 0 aliphatic rings. The van der Waals surface area contributed by atoms with Gasteiger partial charge in [0.2, 0.25) is 0 Å². The zero-order chi connectivity index (χ0) is 7.86. The Morgan fingerprint density at radius 3 is 1.33 bits per heavy atom. The molecule has 6 heteroatoms. The van der Waals surface area contributed by atoms with E-state index in [9.17, 15) is 4.79 Å². The number of carboxylic acid groups (broad SMARTS) is 3. The highest BCUT2D eigenvalue weighted by Crippen LogP contribution is 1.75. The topological polar surface area (TPSA) is 94.8 Å². The molecule has 0 aliphatic heterocycles. The predicted octanol–water partition coefficient (Wildman–Crippen LogP) is 0.728. The minimum Gasteiger partial charge on any atom is -0.481 e. The van der Waals surface area contributed by atoms with Gasteiger partial charge in [-0.05, 0) is 0 Å². The lowest BCUT2D eigenvalue weighted by Gasteiger charge is -1.70. The minimum atomic E-state index is -1.83. The van der Waals surface area contributed by atoms with Gasteiger partial charge in [-0.15, -0.1) is 0 Å². The van der Waals surface area contributed by atoms with Gasteiger partial charge >= 0.3 is 12.1 Å². The van der Waals surface area contributed by atoms with E-state index in [4.69, 9.17) is 20.1 Å². The maximum absolute atomic E-state index is 9.36. The maximum atomic E-state index is 9.36. The molecule has 0 aromatic heterocycles. The monoisotopic (exact) mass is 248 g/mol. The number of hydrogen-bond donors (Lipinski definition) is 3. The summed E-state index contributed by atoms with van der Waals surface area (Å²) in [4.78, 5) is 17.9. The summed E-state index contributed by atoms with van der Waals surface area (Å²) in [5, 5.41) is 21.7. The van der Waals surface area contributed by atoms with Crippen molar-refractivity contribution >= 4 is 34.7 Å². The Kier molecular flexibility index (Phi) is 9.37. The summed E-state index contributed by atoms with van der Waals surface area (Å²) in [6, 6.07) is 0. The summed E-state index contributed by atoms with van der Waals surface area (Å²) in [6.07, 6.45) is -1.83. The normalized spacial score (nSPS) is 6.78. The molecule has 9 heavy (non-hydrogen) atoms. The fourth-order valence-electron chi connectivity index (χ4n) is 0. The number of rotatable bonds is 1. The molecule has 0 saturated heterocycles. The van der Waals surface area contributed by atoms with Crippen molar-refractivity contribution in [3.63, 3.8) is 0 Å². The molecule has 54 valence electrons. The largest absolute Gasteiger partial charge is 0.503 e. The highest BCUT2D eigenvalue weighted by molar-refractivity contribution is 14.1. The van der Waals surface area contributed by atoms with E-state index in [0.29, 0.717) is 0 Å². The van der Waals surface area contributed by atoms with Gasteiger partial charge in [0.15, 0.2) is 0 Å². The van der Waals surface area contributed by atoms with Crippen LogP contribution in [0, 0.1) is 0 Å². The Balaban J connectivity index is 0. The number of halogens is 1. The van der Waals surface area contributed by atoms with Gasteiger partial charge in [0, 0.05) is 0 Å². The van der Waals surface area contributed by atoms with Gasteiger partial charge in [-0.3, -0.25) is 4.79 Å². The second kappa shape index (κ2) is 7.47. The van der Waals surface area contributed by atoms with Gasteiger partial charge in [0.25, 0.3) is 0 Å². The minimum absolute atomic E-state index is 0.192. The predicted molar refractivity (Wildman–Crippen MR) is 37.2 cm³/mol. The molecular formula is C3H5IO5. The van der Waals surface area contributed by atoms with Gasteiger partial charge in [0.1, 0.15) is 0 Å². The van der Waals surface area contributed by atoms with Gasteiger partial charge in [-0.1, -0.05) is 22.6 Å². The first kappa shape index (κ1) is 11.3. The summed E-state index contributed by atoms with van der Waals surface area (Å²) in [6.45, 7) is 0. The molecule has 0 aromatic rings. The third-order valence-electron chi connectivity index (χ3n) is 0.114. The lowest BCUT2D eigenvalue weighted by atomic mass is 10.9. The van der Waals surface area contributed by atoms with Crippen LogP contribution >= 0.6 is 22.6 Å². The zero-order valence-corrected chi connectivity index (χ0v) is 6.40.